The fraction of sp³-hybridized carbons (Fsp3) is 0.350. The molecule has 0 amide bonds. The van der Waals surface area contributed by atoms with Crippen LogP contribution >= 0.6 is 15.9 Å². The van der Waals surface area contributed by atoms with E-state index >= 15 is 0 Å². The number of rotatable bonds is 9. The van der Waals surface area contributed by atoms with Crippen molar-refractivity contribution in [2.45, 2.75) is 70.9 Å². The molecule has 6 bridgehead atoms. The number of hydrogen-bond acceptors (Lipinski definition) is 13. The zero-order chi connectivity index (χ0) is 41.5. The molecule has 0 saturated carbocycles. The Balaban J connectivity index is 0.000000171. The molecule has 0 saturated heterocycles. The third-order valence-electron chi connectivity index (χ3n) is 9.60. The number of nitrogens with zero attached hydrogens (tertiary/aromatic N) is 14. The van der Waals surface area contributed by atoms with Crippen LogP contribution in [0.15, 0.2) is 85.7 Å². The molecule has 0 fully saturated rings. The summed E-state index contributed by atoms with van der Waals surface area (Å²) in [5.74, 6) is 0.976. The second-order valence-electron chi connectivity index (χ2n) is 13.8. The minimum absolute atomic E-state index is 0.471. The van der Waals surface area contributed by atoms with Crippen LogP contribution in [0.25, 0.3) is 33.7 Å². The molecule has 2 aliphatic rings. The Hall–Kier alpha value is -6.21. The van der Waals surface area contributed by atoms with Crippen molar-refractivity contribution in [1.29, 1.82) is 0 Å². The van der Waals surface area contributed by atoms with Gasteiger partial charge >= 0.3 is 0 Å². The maximum absolute atomic E-state index is 9.96. The van der Waals surface area contributed by atoms with E-state index in [4.69, 9.17) is 7.10 Å². The Kier molecular flexibility index (Phi) is 13.7. The summed E-state index contributed by atoms with van der Waals surface area (Å²) in [5.41, 5.74) is 14.3. The van der Waals surface area contributed by atoms with Gasteiger partial charge in [0.25, 0.3) is 0 Å². The number of unbranched alkanes of at least 4 members (excludes halogenated alkanes) is 1. The maximum atomic E-state index is 9.96. The van der Waals surface area contributed by atoms with E-state index in [2.05, 4.69) is 114 Å². The van der Waals surface area contributed by atoms with Gasteiger partial charge in [-0.25, -0.2) is 9.97 Å². The number of nitrogens with two attached hydrogens (primary N) is 1. The fourth-order valence-electron chi connectivity index (χ4n) is 6.55. The number of nitrogens with one attached hydrogen (secondary N) is 2. The first-order valence-electron chi connectivity index (χ1n) is 20.3. The van der Waals surface area contributed by atoms with Gasteiger partial charge in [-0.05, 0) is 80.5 Å². The molecule has 17 nitrogen and oxygen atoms in total. The van der Waals surface area contributed by atoms with Crippen LogP contribution in [0.4, 0.5) is 27.7 Å². The van der Waals surface area contributed by atoms with E-state index in [-0.39, 0.29) is 0 Å². The van der Waals surface area contributed by atoms with E-state index < -0.39 is 7.15 Å². The molecule has 19 heteroatoms. The molecule has 0 aliphatic carbocycles. The van der Waals surface area contributed by atoms with Gasteiger partial charge in [0, 0.05) is 30.8 Å². The lowest BCUT2D eigenvalue weighted by molar-refractivity contribution is 0.529. The van der Waals surface area contributed by atoms with Crippen LogP contribution in [0.1, 0.15) is 57.4 Å². The van der Waals surface area contributed by atoms with Crippen molar-refractivity contribution in [3.8, 4) is 11.4 Å². The summed E-state index contributed by atoms with van der Waals surface area (Å²) in [7, 11) is -1.00. The number of hydrogen-bond donors (Lipinski definition) is 3. The van der Waals surface area contributed by atoms with Crippen molar-refractivity contribution < 1.29 is 5.76 Å². The fourth-order valence-corrected chi connectivity index (χ4v) is 7.01. The van der Waals surface area contributed by atoms with Crippen LogP contribution < -0.4 is 16.4 Å². The molecule has 0 unspecified atom stereocenters. The van der Waals surface area contributed by atoms with Crippen molar-refractivity contribution in [3.63, 3.8) is 0 Å². The van der Waals surface area contributed by atoms with E-state index in [0.29, 0.717) is 40.8 Å². The third-order valence-corrected chi connectivity index (χ3v) is 10.00. The normalized spacial score (nSPS) is 13.0. The molecule has 0 radical (unpaired) electrons. The highest BCUT2D eigenvalue weighted by atomic mass is 79.9. The molecule has 0 atom stereocenters. The average Bonchev–Trinajstić information content (AvgIpc) is 4.09. The Bertz CT molecular complexity index is 2530. The molecule has 4 N–H and O–H groups in total. The van der Waals surface area contributed by atoms with Crippen LogP contribution in [-0.2, 0) is 25.9 Å². The minimum atomic E-state index is -1.00. The topological polar surface area (TPSA) is 199 Å². The van der Waals surface area contributed by atoms with E-state index in [9.17, 15) is 4.39 Å². The number of alkyl halides is 2. The van der Waals surface area contributed by atoms with Gasteiger partial charge in [-0.15, -0.1) is 10.2 Å². The highest BCUT2D eigenvalue weighted by Gasteiger charge is 2.13. The van der Waals surface area contributed by atoms with Crippen LogP contribution in [0, 0.1) is 0 Å². The zero-order valence-corrected chi connectivity index (χ0v) is 34.2. The number of fused-ring (bicyclic) bond motifs is 9. The highest BCUT2D eigenvalue weighted by molar-refractivity contribution is 9.09. The molecular formula is C40H47BrFN17. The summed E-state index contributed by atoms with van der Waals surface area (Å²) in [6.45, 7) is 2.46. The van der Waals surface area contributed by atoms with Crippen LogP contribution in [0.3, 0.4) is 0 Å². The van der Waals surface area contributed by atoms with Gasteiger partial charge < -0.3 is 16.4 Å². The number of aryl methyl sites for hydroxylation is 4. The van der Waals surface area contributed by atoms with Gasteiger partial charge in [0.1, 0.15) is 0 Å². The first-order valence-corrected chi connectivity index (χ1v) is 20.7. The summed E-state index contributed by atoms with van der Waals surface area (Å²) in [5, 5.41) is 33.0. The monoisotopic (exact) mass is 864 g/mol. The maximum Gasteiger partial charge on any atom is 0.229 e. The van der Waals surface area contributed by atoms with Crippen molar-refractivity contribution >= 4 is 61.5 Å². The molecule has 2 aliphatic heterocycles. The quantitative estimate of drug-likeness (QED) is 0.0985. The van der Waals surface area contributed by atoms with Crippen LogP contribution in [-0.4, -0.2) is 88.5 Å². The summed E-state index contributed by atoms with van der Waals surface area (Å²) in [4.78, 5) is 17.9. The lowest BCUT2D eigenvalue weighted by atomic mass is 10.1. The Morgan fingerprint density at radius 1 is 0.814 bits per heavy atom. The van der Waals surface area contributed by atoms with Crippen LogP contribution in [0.2, 0.25) is 0 Å². The molecule has 2 aromatic carbocycles. The van der Waals surface area contributed by atoms with E-state index in [0.717, 1.165) is 73.3 Å². The van der Waals surface area contributed by atoms with Crippen molar-refractivity contribution in [3.05, 3.63) is 96.8 Å². The second kappa shape index (κ2) is 20.5. The largest absolute Gasteiger partial charge is 0.330 e. The van der Waals surface area contributed by atoms with Crippen molar-refractivity contribution in [2.75, 3.05) is 29.7 Å². The average molecular weight is 866 g/mol. The summed E-state index contributed by atoms with van der Waals surface area (Å²) in [6, 6.07) is 16.7. The number of anilines is 4. The van der Waals surface area contributed by atoms with E-state index in [1.54, 1.807) is 34.2 Å². The molecule has 8 aromatic rings. The molecule has 8 heterocycles. The van der Waals surface area contributed by atoms with Gasteiger partial charge in [-0.2, -0.15) is 29.5 Å². The third kappa shape index (κ3) is 10.7. The molecular weight excluding hydrogens is 817 g/mol. The molecule has 6 aromatic heterocycles. The van der Waals surface area contributed by atoms with Gasteiger partial charge in [-0.3, -0.25) is 13.8 Å². The van der Waals surface area contributed by atoms with Gasteiger partial charge in [0.05, 0.1) is 56.1 Å². The lowest BCUT2D eigenvalue weighted by Crippen LogP contribution is -2.03. The minimum Gasteiger partial charge on any atom is -0.330 e. The first-order chi connectivity index (χ1) is 29.5. The Labute approximate surface area is 350 Å². The Morgan fingerprint density at radius 3 is 2.25 bits per heavy atom. The van der Waals surface area contributed by atoms with Crippen molar-refractivity contribution in [1.82, 2.24) is 69.5 Å². The summed E-state index contributed by atoms with van der Waals surface area (Å²) < 4.78 is 22.8. The predicted molar refractivity (Wildman–Crippen MR) is 230 cm³/mol. The van der Waals surface area contributed by atoms with Gasteiger partial charge in [0.2, 0.25) is 11.9 Å². The smallest absolute Gasteiger partial charge is 0.229 e. The van der Waals surface area contributed by atoms with Gasteiger partial charge in [0.15, 0.2) is 22.3 Å². The molecule has 0 spiro atoms. The number of halogens is 2. The first kappa shape index (κ1) is 39.6. The number of benzene rings is 2. The highest BCUT2D eigenvalue weighted by Crippen LogP contribution is 2.21. The summed E-state index contributed by atoms with van der Waals surface area (Å²) in [6.07, 6.45) is 21.0. The van der Waals surface area contributed by atoms with Crippen molar-refractivity contribution in [2.24, 2.45) is 5.73 Å². The predicted octanol–water partition coefficient (Wildman–Crippen LogP) is 7.07. The molecule has 306 valence electrons. The lowest BCUT2D eigenvalue weighted by Gasteiger charge is -2.06. The van der Waals surface area contributed by atoms with Crippen LogP contribution in [0.5, 0.6) is 0 Å². The second-order valence-corrected chi connectivity index (χ2v) is 14.6. The Morgan fingerprint density at radius 2 is 1.51 bits per heavy atom. The van der Waals surface area contributed by atoms with E-state index in [1.165, 1.54) is 36.8 Å². The molecule has 10 rings (SSSR count). The standard InChI is InChI=1S/C20H22N8.C19H22BrN9.CH3F/c1-2-4-6-15-7-9-17(10-8-15)28-19-18(25-26-28)13-21-20(24-19)23-16-12-22-27(14-16)11-5-3-1;20-8-7-14-3-5-16(6-4-14)29-18-17(26-27-29)12-22-19(25-18)24-15-11-23-28(13-15)10-2-1-9-21;1-2/h7-10,12-14H,1-6,11H2,(H,21,23,24);3-6,11-13H,1-2,7-10,21H2,(H,22,24,25);1H3/i;;1D. The number of aromatic nitrogens is 14. The molecule has 59 heavy (non-hydrogen) atoms. The zero-order valence-electron chi connectivity index (χ0n) is 33.6. The van der Waals surface area contributed by atoms with Gasteiger partial charge in [-0.1, -0.05) is 69.9 Å². The SMILES string of the molecule is NCCCCn1cc(Nc2ncc3nnn(-c4ccc(CCBr)cc4)c3n2)cn1.[2H]CF.c1cc2ccc1CCCCCCCn1cc(cn1)Nc1ncc3nnn-2c3n1. The summed E-state index contributed by atoms with van der Waals surface area (Å²) >= 11 is 3.47. The van der Waals surface area contributed by atoms with E-state index in [1.807, 2.05) is 33.9 Å².